The minimum Gasteiger partial charge on any atom is -0.493 e. The zero-order chi connectivity index (χ0) is 26.0. The summed E-state index contributed by atoms with van der Waals surface area (Å²) in [5.41, 5.74) is 3.93. The summed E-state index contributed by atoms with van der Waals surface area (Å²) < 4.78 is 5.84. The number of anilines is 1. The van der Waals surface area contributed by atoms with E-state index in [0.717, 1.165) is 57.6 Å². The van der Waals surface area contributed by atoms with Crippen LogP contribution >= 0.6 is 11.3 Å². The lowest BCUT2D eigenvalue weighted by Crippen LogP contribution is -2.27. The Morgan fingerprint density at radius 3 is 2.51 bits per heavy atom. The summed E-state index contributed by atoms with van der Waals surface area (Å²) in [7, 11) is 0. The predicted octanol–water partition coefficient (Wildman–Crippen LogP) is 8.45. The summed E-state index contributed by atoms with van der Waals surface area (Å²) >= 11 is 1.67. The quantitative estimate of drug-likeness (QED) is 0.265. The van der Waals surface area contributed by atoms with Gasteiger partial charge in [0.15, 0.2) is 0 Å². The van der Waals surface area contributed by atoms with Crippen molar-refractivity contribution in [2.45, 2.75) is 47.0 Å². The van der Waals surface area contributed by atoms with Gasteiger partial charge in [0.1, 0.15) is 10.8 Å². The van der Waals surface area contributed by atoms with Crippen molar-refractivity contribution >= 4 is 44.9 Å². The van der Waals surface area contributed by atoms with Crippen LogP contribution in [-0.4, -0.2) is 18.7 Å². The summed E-state index contributed by atoms with van der Waals surface area (Å²) in [6, 6.07) is 21.9. The number of amides is 1. The van der Waals surface area contributed by atoms with Crippen LogP contribution in [0.5, 0.6) is 5.75 Å². The Labute approximate surface area is 223 Å². The van der Waals surface area contributed by atoms with Crippen molar-refractivity contribution in [3.63, 3.8) is 0 Å². The van der Waals surface area contributed by atoms with Crippen LogP contribution in [0.3, 0.4) is 0 Å². The monoisotopic (exact) mass is 510 g/mol. The number of rotatable bonds is 6. The van der Waals surface area contributed by atoms with Gasteiger partial charge in [0.2, 0.25) is 0 Å². The first-order valence-corrected chi connectivity index (χ1v) is 13.9. The van der Waals surface area contributed by atoms with E-state index in [0.29, 0.717) is 12.5 Å². The molecule has 0 unspecified atom stereocenters. The molecule has 0 saturated carbocycles. The smallest absolute Gasteiger partial charge is 0.259 e. The first kappa shape index (κ1) is 25.2. The van der Waals surface area contributed by atoms with Crippen molar-refractivity contribution in [3.8, 4) is 5.75 Å². The maximum absolute atomic E-state index is 13.6. The van der Waals surface area contributed by atoms with Crippen molar-refractivity contribution in [2.24, 2.45) is 16.3 Å². The van der Waals surface area contributed by atoms with Crippen LogP contribution in [-0.2, 0) is 12.8 Å². The topological polar surface area (TPSA) is 50.7 Å². The minimum absolute atomic E-state index is 0.0818. The van der Waals surface area contributed by atoms with Gasteiger partial charge < -0.3 is 10.1 Å². The van der Waals surface area contributed by atoms with Crippen molar-refractivity contribution in [3.05, 3.63) is 88.3 Å². The van der Waals surface area contributed by atoms with Crippen LogP contribution in [0.25, 0.3) is 10.8 Å². The number of hydrogen-bond acceptors (Lipinski definition) is 4. The number of para-hydroxylation sites is 1. The Hall–Kier alpha value is -3.44. The highest BCUT2D eigenvalue weighted by Crippen LogP contribution is 2.45. The second-order valence-corrected chi connectivity index (χ2v) is 11.8. The molecular formula is C32H34N2O2S. The van der Waals surface area contributed by atoms with Gasteiger partial charge in [-0.3, -0.25) is 4.79 Å². The average molecular weight is 511 g/mol. The molecule has 5 heteroatoms. The van der Waals surface area contributed by atoms with Gasteiger partial charge >= 0.3 is 0 Å². The molecule has 37 heavy (non-hydrogen) atoms. The van der Waals surface area contributed by atoms with Crippen LogP contribution in [0.1, 0.15) is 60.5 Å². The van der Waals surface area contributed by atoms with Crippen LogP contribution in [0.15, 0.2) is 71.7 Å². The number of thiophene rings is 1. The highest BCUT2D eigenvalue weighted by molar-refractivity contribution is 7.16. The molecule has 1 heterocycles. The first-order chi connectivity index (χ1) is 17.8. The Morgan fingerprint density at radius 1 is 1.05 bits per heavy atom. The zero-order valence-electron chi connectivity index (χ0n) is 22.0. The van der Waals surface area contributed by atoms with E-state index in [4.69, 9.17) is 9.73 Å². The number of carbonyl (C=O) groups excluding carboxylic acids is 1. The lowest BCUT2D eigenvalue weighted by molar-refractivity contribution is 0.102. The average Bonchev–Trinajstić information content (AvgIpc) is 3.26. The van der Waals surface area contributed by atoms with Gasteiger partial charge in [-0.05, 0) is 72.7 Å². The van der Waals surface area contributed by atoms with E-state index < -0.39 is 0 Å². The number of ether oxygens (including phenoxy) is 1. The fourth-order valence-electron chi connectivity index (χ4n) is 5.17. The van der Waals surface area contributed by atoms with Gasteiger partial charge in [0.25, 0.3) is 5.91 Å². The third-order valence-corrected chi connectivity index (χ3v) is 8.43. The lowest BCUT2D eigenvalue weighted by atomic mass is 9.72. The summed E-state index contributed by atoms with van der Waals surface area (Å²) in [6.45, 7) is 9.56. The molecule has 4 aromatic rings. The largest absolute Gasteiger partial charge is 0.493 e. The zero-order valence-corrected chi connectivity index (χ0v) is 22.8. The van der Waals surface area contributed by atoms with Crippen molar-refractivity contribution < 1.29 is 9.53 Å². The summed E-state index contributed by atoms with van der Waals surface area (Å²) in [4.78, 5) is 19.8. The Morgan fingerprint density at radius 2 is 1.78 bits per heavy atom. The molecular weight excluding hydrogens is 476 g/mol. The van der Waals surface area contributed by atoms with Gasteiger partial charge in [0.05, 0.1) is 12.2 Å². The lowest BCUT2D eigenvalue weighted by Gasteiger charge is -2.33. The van der Waals surface area contributed by atoms with E-state index in [1.54, 1.807) is 11.3 Å². The molecule has 1 aliphatic rings. The summed E-state index contributed by atoms with van der Waals surface area (Å²) in [6.07, 6.45) is 4.89. The van der Waals surface area contributed by atoms with E-state index >= 15 is 0 Å². The molecule has 0 spiro atoms. The highest BCUT2D eigenvalue weighted by atomic mass is 32.1. The number of carbonyl (C=O) groups is 1. The third-order valence-electron chi connectivity index (χ3n) is 7.27. The molecule has 1 aliphatic carbocycles. The van der Waals surface area contributed by atoms with Crippen molar-refractivity contribution in [2.75, 3.05) is 11.9 Å². The Bertz CT molecular complexity index is 1450. The molecule has 190 valence electrons. The van der Waals surface area contributed by atoms with Crippen LogP contribution < -0.4 is 10.1 Å². The molecule has 5 rings (SSSR count). The number of hydrogen-bond donors (Lipinski definition) is 1. The molecule has 1 atom stereocenters. The van der Waals surface area contributed by atoms with Gasteiger partial charge in [-0.25, -0.2) is 4.99 Å². The molecule has 1 aromatic heterocycles. The second kappa shape index (κ2) is 10.5. The molecule has 0 bridgehead atoms. The van der Waals surface area contributed by atoms with E-state index in [2.05, 4.69) is 38.2 Å². The van der Waals surface area contributed by atoms with Gasteiger partial charge in [-0.2, -0.15) is 0 Å². The van der Waals surface area contributed by atoms with E-state index in [1.165, 1.54) is 10.4 Å². The van der Waals surface area contributed by atoms with E-state index in [-0.39, 0.29) is 11.3 Å². The number of aliphatic imine (C=N–C) groups is 1. The molecule has 4 nitrogen and oxygen atoms in total. The summed E-state index contributed by atoms with van der Waals surface area (Å²) in [5, 5.41) is 6.03. The van der Waals surface area contributed by atoms with Crippen molar-refractivity contribution in [1.82, 2.24) is 0 Å². The number of nitrogens with zero attached hydrogens (tertiary/aromatic N) is 1. The Balaban J connectivity index is 1.55. The maximum atomic E-state index is 13.6. The van der Waals surface area contributed by atoms with Gasteiger partial charge in [-0.1, -0.05) is 63.2 Å². The predicted molar refractivity (Wildman–Crippen MR) is 156 cm³/mol. The second-order valence-electron chi connectivity index (χ2n) is 10.7. The number of fused-ring (bicyclic) bond motifs is 2. The van der Waals surface area contributed by atoms with E-state index in [9.17, 15) is 4.79 Å². The fraction of sp³-hybridized carbons (Fsp3) is 0.312. The van der Waals surface area contributed by atoms with Gasteiger partial charge in [-0.15, -0.1) is 11.3 Å². The fourth-order valence-corrected chi connectivity index (χ4v) is 6.44. The number of benzene rings is 3. The highest BCUT2D eigenvalue weighted by Gasteiger charge is 2.33. The number of nitrogens with one attached hydrogen (secondary N) is 1. The standard InChI is InChI=1S/C32H34N2O2S/c1-5-36-27-18-15-21(24-13-9-10-14-25(24)27)20-33-31-29(30(35)34-23-11-7-6-8-12-23)26-17-16-22(32(2,3)4)19-28(26)37-31/h6-15,18,20,22H,5,16-17,19H2,1-4H3,(H,34,35)/t22-/m0/s1. The van der Waals surface area contributed by atoms with Crippen LogP contribution in [0.4, 0.5) is 10.7 Å². The third kappa shape index (κ3) is 5.33. The minimum atomic E-state index is -0.0818. The molecule has 0 fully saturated rings. The molecule has 0 aliphatic heterocycles. The molecule has 3 aromatic carbocycles. The maximum Gasteiger partial charge on any atom is 0.259 e. The first-order valence-electron chi connectivity index (χ1n) is 13.0. The Kier molecular flexibility index (Phi) is 7.16. The van der Waals surface area contributed by atoms with Gasteiger partial charge in [0, 0.05) is 27.7 Å². The molecule has 0 saturated heterocycles. The van der Waals surface area contributed by atoms with Crippen LogP contribution in [0, 0.1) is 11.3 Å². The SMILES string of the molecule is CCOc1ccc(C=Nc2sc3c(c2C(=O)Nc2ccccc2)CC[C@H](C(C)(C)C)C3)c2ccccc12. The molecule has 1 amide bonds. The van der Waals surface area contributed by atoms with Crippen LogP contribution in [0.2, 0.25) is 0 Å². The molecule has 1 N–H and O–H groups in total. The normalized spacial score (nSPS) is 15.6. The van der Waals surface area contributed by atoms with E-state index in [1.807, 2.05) is 67.7 Å². The van der Waals surface area contributed by atoms with Crippen molar-refractivity contribution in [1.29, 1.82) is 0 Å². The molecule has 0 radical (unpaired) electrons. The summed E-state index contributed by atoms with van der Waals surface area (Å²) in [5.74, 6) is 1.38.